The van der Waals surface area contributed by atoms with E-state index in [9.17, 15) is 0 Å². The van der Waals surface area contributed by atoms with Crippen molar-refractivity contribution in [2.45, 2.75) is 13.8 Å². The van der Waals surface area contributed by atoms with Gasteiger partial charge < -0.3 is 14.3 Å². The molecule has 0 saturated heterocycles. The summed E-state index contributed by atoms with van der Waals surface area (Å²) in [5.74, 6) is -0.211. The smallest absolute Gasteiger partial charge is 0.300 e. The first-order valence-electron chi connectivity index (χ1n) is 3.98. The second-order valence-corrected chi connectivity index (χ2v) is 2.59. The fourth-order valence-electron chi connectivity index (χ4n) is 0.597. The van der Waals surface area contributed by atoms with Gasteiger partial charge in [-0.2, -0.15) is 0 Å². The fraction of sp³-hybridized carbons (Fsp3) is 0.333. The summed E-state index contributed by atoms with van der Waals surface area (Å²) in [4.78, 5) is 9.00. The number of carboxylic acid groups (broad SMARTS) is 1. The predicted octanol–water partition coefficient (Wildman–Crippen LogP) is 2.08. The van der Waals surface area contributed by atoms with E-state index in [1.165, 1.54) is 0 Å². The van der Waals surface area contributed by atoms with E-state index in [2.05, 4.69) is 0 Å². The SMILES string of the molecule is CC(=O)O.CCOC(=S)c1ccco1. The van der Waals surface area contributed by atoms with E-state index < -0.39 is 5.97 Å². The van der Waals surface area contributed by atoms with Crippen molar-refractivity contribution < 1.29 is 19.1 Å². The second kappa shape index (κ2) is 7.08. The normalized spacial score (nSPS) is 8.43. The van der Waals surface area contributed by atoms with E-state index in [4.69, 9.17) is 31.3 Å². The van der Waals surface area contributed by atoms with Crippen molar-refractivity contribution >= 4 is 23.2 Å². The Kier molecular flexibility index (Phi) is 6.39. The first kappa shape index (κ1) is 12.6. The fourth-order valence-corrected chi connectivity index (χ4v) is 0.831. The Hall–Kier alpha value is -1.36. The van der Waals surface area contributed by atoms with Crippen LogP contribution < -0.4 is 0 Å². The lowest BCUT2D eigenvalue weighted by Gasteiger charge is -1.98. The molecule has 0 amide bonds. The van der Waals surface area contributed by atoms with Crippen molar-refractivity contribution in [3.05, 3.63) is 24.2 Å². The van der Waals surface area contributed by atoms with E-state index in [1.807, 2.05) is 6.92 Å². The van der Waals surface area contributed by atoms with Crippen molar-refractivity contribution in [1.29, 1.82) is 0 Å². The third-order valence-corrected chi connectivity index (χ3v) is 1.32. The predicted molar refractivity (Wildman–Crippen MR) is 55.3 cm³/mol. The van der Waals surface area contributed by atoms with Gasteiger partial charge in [-0.15, -0.1) is 0 Å². The van der Waals surface area contributed by atoms with Gasteiger partial charge in [-0.25, -0.2) is 0 Å². The summed E-state index contributed by atoms with van der Waals surface area (Å²) in [7, 11) is 0. The largest absolute Gasteiger partial charge is 0.481 e. The molecule has 1 rings (SSSR count). The molecule has 78 valence electrons. The molecule has 1 aromatic rings. The van der Waals surface area contributed by atoms with Gasteiger partial charge >= 0.3 is 0 Å². The van der Waals surface area contributed by atoms with Crippen molar-refractivity contribution in [2.75, 3.05) is 6.61 Å². The third kappa shape index (κ3) is 6.19. The number of carbonyl (C=O) groups is 1. The van der Waals surface area contributed by atoms with Crippen LogP contribution in [-0.4, -0.2) is 22.7 Å². The van der Waals surface area contributed by atoms with Gasteiger partial charge in [0.25, 0.3) is 5.97 Å². The summed E-state index contributed by atoms with van der Waals surface area (Å²) in [6.45, 7) is 3.55. The lowest BCUT2D eigenvalue weighted by atomic mass is 10.5. The minimum atomic E-state index is -0.833. The van der Waals surface area contributed by atoms with Crippen LogP contribution in [-0.2, 0) is 9.53 Å². The number of aliphatic carboxylic acids is 1. The van der Waals surface area contributed by atoms with E-state index in [0.29, 0.717) is 17.4 Å². The zero-order chi connectivity index (χ0) is 11.0. The number of carboxylic acids is 1. The summed E-state index contributed by atoms with van der Waals surface area (Å²) in [6.07, 6.45) is 1.57. The van der Waals surface area contributed by atoms with Crippen LogP contribution in [0.25, 0.3) is 0 Å². The number of rotatable bonds is 2. The van der Waals surface area contributed by atoms with Crippen molar-refractivity contribution in [3.63, 3.8) is 0 Å². The molecule has 0 aromatic carbocycles. The molecule has 0 saturated carbocycles. The Labute approximate surface area is 87.5 Å². The second-order valence-electron chi connectivity index (χ2n) is 2.22. The molecule has 0 unspecified atom stereocenters. The molecule has 0 aliphatic carbocycles. The zero-order valence-electron chi connectivity index (χ0n) is 8.02. The molecule has 0 atom stereocenters. The molecular formula is C9H12O4S. The van der Waals surface area contributed by atoms with Gasteiger partial charge in [0.05, 0.1) is 12.9 Å². The Bertz CT molecular complexity index is 275. The summed E-state index contributed by atoms with van der Waals surface area (Å²) in [6, 6.07) is 3.55. The minimum Gasteiger partial charge on any atom is -0.481 e. The van der Waals surface area contributed by atoms with Gasteiger partial charge in [-0.3, -0.25) is 4.79 Å². The molecule has 5 heteroatoms. The van der Waals surface area contributed by atoms with E-state index >= 15 is 0 Å². The maximum atomic E-state index is 9.00. The van der Waals surface area contributed by atoms with Crippen LogP contribution in [0.3, 0.4) is 0 Å². The first-order valence-corrected chi connectivity index (χ1v) is 4.39. The summed E-state index contributed by atoms with van der Waals surface area (Å²) < 4.78 is 10.0. The monoisotopic (exact) mass is 216 g/mol. The third-order valence-electron chi connectivity index (χ3n) is 0.998. The van der Waals surface area contributed by atoms with Gasteiger partial charge in [0.15, 0.2) is 5.76 Å². The Morgan fingerprint density at radius 1 is 1.71 bits per heavy atom. The number of hydrogen-bond donors (Lipinski definition) is 1. The van der Waals surface area contributed by atoms with Gasteiger partial charge in [0.1, 0.15) is 0 Å². The summed E-state index contributed by atoms with van der Waals surface area (Å²) in [5.41, 5.74) is 0. The molecule has 0 bridgehead atoms. The lowest BCUT2D eigenvalue weighted by molar-refractivity contribution is -0.134. The highest BCUT2D eigenvalue weighted by atomic mass is 32.1. The Balaban J connectivity index is 0.000000364. The topological polar surface area (TPSA) is 59.7 Å². The Morgan fingerprint density at radius 2 is 2.29 bits per heavy atom. The quantitative estimate of drug-likeness (QED) is 0.767. The molecule has 14 heavy (non-hydrogen) atoms. The van der Waals surface area contributed by atoms with Crippen molar-refractivity contribution in [3.8, 4) is 0 Å². The number of furan rings is 1. The molecule has 0 aliphatic rings. The zero-order valence-corrected chi connectivity index (χ0v) is 8.84. The number of ether oxygens (including phenoxy) is 1. The van der Waals surface area contributed by atoms with Gasteiger partial charge in [-0.1, -0.05) is 0 Å². The van der Waals surface area contributed by atoms with E-state index in [-0.39, 0.29) is 0 Å². The van der Waals surface area contributed by atoms with Crippen LogP contribution in [0, 0.1) is 0 Å². The van der Waals surface area contributed by atoms with Crippen LogP contribution >= 0.6 is 12.2 Å². The van der Waals surface area contributed by atoms with E-state index in [0.717, 1.165) is 6.92 Å². The standard InChI is InChI=1S/C7H8O2S.C2H4O2/c1-2-8-7(10)6-4-3-5-9-6;1-2(3)4/h3-5H,2H2,1H3;1H3,(H,3,4). The lowest BCUT2D eigenvalue weighted by Crippen LogP contribution is -2.00. The van der Waals surface area contributed by atoms with E-state index in [1.54, 1.807) is 18.4 Å². The summed E-state index contributed by atoms with van der Waals surface area (Å²) in [5, 5.41) is 7.84. The molecule has 0 aliphatic heterocycles. The minimum absolute atomic E-state index is 0.424. The molecular weight excluding hydrogens is 204 g/mol. The molecule has 1 heterocycles. The molecule has 1 N–H and O–H groups in total. The number of hydrogen-bond acceptors (Lipinski definition) is 4. The highest BCUT2D eigenvalue weighted by Gasteiger charge is 2.01. The number of thiocarbonyl (C=S) groups is 1. The van der Waals surface area contributed by atoms with Crippen molar-refractivity contribution in [2.24, 2.45) is 0 Å². The average Bonchev–Trinajstić information content (AvgIpc) is 2.55. The summed E-state index contributed by atoms with van der Waals surface area (Å²) >= 11 is 4.86. The Morgan fingerprint density at radius 3 is 2.64 bits per heavy atom. The average molecular weight is 216 g/mol. The van der Waals surface area contributed by atoms with Crippen LogP contribution in [0.4, 0.5) is 0 Å². The van der Waals surface area contributed by atoms with Gasteiger partial charge in [0, 0.05) is 6.92 Å². The maximum Gasteiger partial charge on any atom is 0.300 e. The highest BCUT2D eigenvalue weighted by molar-refractivity contribution is 7.80. The molecule has 0 fully saturated rings. The molecule has 1 aromatic heterocycles. The van der Waals surface area contributed by atoms with Crippen LogP contribution in [0.1, 0.15) is 19.6 Å². The molecule has 4 nitrogen and oxygen atoms in total. The molecule has 0 radical (unpaired) electrons. The highest BCUT2D eigenvalue weighted by Crippen LogP contribution is 2.02. The van der Waals surface area contributed by atoms with Crippen LogP contribution in [0.5, 0.6) is 0 Å². The van der Waals surface area contributed by atoms with Crippen molar-refractivity contribution in [1.82, 2.24) is 0 Å². The van der Waals surface area contributed by atoms with Gasteiger partial charge in [-0.05, 0) is 31.3 Å². The van der Waals surface area contributed by atoms with Gasteiger partial charge in [0.2, 0.25) is 5.05 Å². The molecule has 0 spiro atoms. The van der Waals surface area contributed by atoms with Crippen LogP contribution in [0.2, 0.25) is 0 Å². The first-order chi connectivity index (χ1) is 6.57. The van der Waals surface area contributed by atoms with Crippen LogP contribution in [0.15, 0.2) is 22.8 Å². The maximum absolute atomic E-state index is 9.00.